The molecule has 1 atom stereocenters. The maximum Gasteiger partial charge on any atom is 0.0719 e. The van der Waals surface area contributed by atoms with Gasteiger partial charge in [0.25, 0.3) is 0 Å². The van der Waals surface area contributed by atoms with E-state index in [0.717, 1.165) is 30.6 Å². The molecule has 1 aliphatic rings. The first-order valence-corrected chi connectivity index (χ1v) is 13.3. The molecule has 2 aromatic rings. The molecule has 3 rings (SSSR count). The van der Waals surface area contributed by atoms with Gasteiger partial charge in [-0.05, 0) is 105 Å². The molecule has 0 saturated carbocycles. The topological polar surface area (TPSA) is 12.5 Å². The second kappa shape index (κ2) is 13.1. The highest BCUT2D eigenvalue weighted by Gasteiger charge is 2.11. The van der Waals surface area contributed by atoms with Gasteiger partial charge in [-0.25, -0.2) is 0 Å². The number of piperidine rings is 1. The van der Waals surface area contributed by atoms with Gasteiger partial charge in [0.1, 0.15) is 0 Å². The summed E-state index contributed by atoms with van der Waals surface area (Å²) in [6.45, 7) is 9.43. The lowest BCUT2D eigenvalue weighted by atomic mass is 9.97. The molecule has 0 amide bonds. The Balaban J connectivity index is 1.59. The maximum atomic E-state index is 6.24. The SMILES string of the molecule is [CH2]C(Cc1ccc(-c2ccc(Cl)c(Cl)c2)cc1COCCCCN1CCCCC1)SC. The zero-order chi connectivity index (χ0) is 22.1. The van der Waals surface area contributed by atoms with Gasteiger partial charge in [-0.15, -0.1) is 0 Å². The number of halogens is 2. The number of unbranched alkanes of at least 4 members (excludes halogenated alkanes) is 1. The smallest absolute Gasteiger partial charge is 0.0719 e. The summed E-state index contributed by atoms with van der Waals surface area (Å²) >= 11 is 14.1. The van der Waals surface area contributed by atoms with E-state index in [2.05, 4.69) is 36.3 Å². The van der Waals surface area contributed by atoms with Crippen molar-refractivity contribution in [1.82, 2.24) is 4.90 Å². The van der Waals surface area contributed by atoms with E-state index in [4.69, 9.17) is 27.9 Å². The minimum atomic E-state index is 0.333. The number of rotatable bonds is 11. The average molecular weight is 480 g/mol. The number of nitrogens with zero attached hydrogens (tertiary/aromatic N) is 1. The van der Waals surface area contributed by atoms with E-state index in [0.29, 0.717) is 21.9 Å². The van der Waals surface area contributed by atoms with Crippen LogP contribution in [0.5, 0.6) is 0 Å². The fourth-order valence-electron chi connectivity index (χ4n) is 4.05. The van der Waals surface area contributed by atoms with Gasteiger partial charge in [0, 0.05) is 11.9 Å². The van der Waals surface area contributed by atoms with Gasteiger partial charge in [-0.3, -0.25) is 0 Å². The Morgan fingerprint density at radius 1 is 0.968 bits per heavy atom. The second-order valence-corrected chi connectivity index (χ2v) is 10.3. The van der Waals surface area contributed by atoms with E-state index in [1.165, 1.54) is 56.4 Å². The minimum absolute atomic E-state index is 0.333. The zero-order valence-electron chi connectivity index (χ0n) is 18.5. The molecule has 31 heavy (non-hydrogen) atoms. The standard InChI is InChI=1S/C26H34Cl2NOS/c1-20(31-2)16-21-8-9-22(23-10-11-25(27)26(28)18-23)17-24(21)19-30-15-7-6-14-29-12-4-3-5-13-29/h8-11,17-18,20H,1,3-7,12-16,19H2,2H3. The fourth-order valence-corrected chi connectivity index (χ4v) is 4.69. The predicted octanol–water partition coefficient (Wildman–Crippen LogP) is 7.55. The summed E-state index contributed by atoms with van der Waals surface area (Å²) < 4.78 is 6.11. The third-order valence-corrected chi connectivity index (χ3v) is 7.53. The number of ether oxygens (including phenoxy) is 1. The Bertz CT molecular complexity index is 823. The van der Waals surface area contributed by atoms with Crippen molar-refractivity contribution < 1.29 is 4.74 Å². The molecule has 1 saturated heterocycles. The Labute approximate surface area is 202 Å². The van der Waals surface area contributed by atoms with Crippen molar-refractivity contribution in [3.05, 3.63) is 64.5 Å². The van der Waals surface area contributed by atoms with Gasteiger partial charge in [-0.1, -0.05) is 47.8 Å². The predicted molar refractivity (Wildman–Crippen MR) is 137 cm³/mol. The molecule has 0 spiro atoms. The number of likely N-dealkylation sites (tertiary alicyclic amines) is 1. The largest absolute Gasteiger partial charge is 0.377 e. The molecule has 169 valence electrons. The van der Waals surface area contributed by atoms with Crippen LogP contribution < -0.4 is 0 Å². The van der Waals surface area contributed by atoms with Gasteiger partial charge >= 0.3 is 0 Å². The molecular formula is C26H34Cl2NOS. The van der Waals surface area contributed by atoms with Crippen molar-refractivity contribution in [3.8, 4) is 11.1 Å². The summed E-state index contributed by atoms with van der Waals surface area (Å²) in [6, 6.07) is 12.4. The third kappa shape index (κ3) is 7.98. The van der Waals surface area contributed by atoms with Crippen LogP contribution in [-0.4, -0.2) is 42.6 Å². The maximum absolute atomic E-state index is 6.24. The summed E-state index contributed by atoms with van der Waals surface area (Å²) in [5.74, 6) is 0. The van der Waals surface area contributed by atoms with Crippen LogP contribution in [0.4, 0.5) is 0 Å². The molecule has 1 radical (unpaired) electrons. The lowest BCUT2D eigenvalue weighted by molar-refractivity contribution is 0.112. The highest BCUT2D eigenvalue weighted by molar-refractivity contribution is 7.99. The summed E-state index contributed by atoms with van der Waals surface area (Å²) in [5, 5.41) is 1.49. The van der Waals surface area contributed by atoms with Gasteiger partial charge in [0.2, 0.25) is 0 Å². The Hall–Kier alpha value is -0.710. The van der Waals surface area contributed by atoms with Crippen LogP contribution in [0.15, 0.2) is 36.4 Å². The first-order chi connectivity index (χ1) is 15.1. The highest BCUT2D eigenvalue weighted by Crippen LogP contribution is 2.30. The molecule has 0 aliphatic carbocycles. The number of benzene rings is 2. The number of hydrogen-bond acceptors (Lipinski definition) is 3. The third-order valence-electron chi connectivity index (χ3n) is 5.96. The molecular weight excluding hydrogens is 445 g/mol. The monoisotopic (exact) mass is 478 g/mol. The van der Waals surface area contributed by atoms with Gasteiger partial charge in [0.05, 0.1) is 16.7 Å². The van der Waals surface area contributed by atoms with Gasteiger partial charge < -0.3 is 9.64 Å². The fraction of sp³-hybridized carbons (Fsp3) is 0.500. The van der Waals surface area contributed by atoms with Crippen LogP contribution in [0.3, 0.4) is 0 Å². The summed E-state index contributed by atoms with van der Waals surface area (Å²) in [7, 11) is 0. The van der Waals surface area contributed by atoms with Crippen molar-refractivity contribution in [1.29, 1.82) is 0 Å². The second-order valence-electron chi connectivity index (χ2n) is 8.34. The molecule has 0 aromatic heterocycles. The van der Waals surface area contributed by atoms with Crippen LogP contribution in [0, 0.1) is 6.92 Å². The molecule has 1 heterocycles. The van der Waals surface area contributed by atoms with E-state index in [1.54, 1.807) is 11.8 Å². The lowest BCUT2D eigenvalue weighted by Crippen LogP contribution is -2.30. The van der Waals surface area contributed by atoms with E-state index in [1.807, 2.05) is 18.2 Å². The van der Waals surface area contributed by atoms with Crippen LogP contribution >= 0.6 is 35.0 Å². The molecule has 1 fully saturated rings. The molecule has 2 nitrogen and oxygen atoms in total. The summed E-state index contributed by atoms with van der Waals surface area (Å²) in [6.07, 6.45) is 9.49. The Kier molecular flexibility index (Phi) is 10.5. The van der Waals surface area contributed by atoms with E-state index in [-0.39, 0.29) is 0 Å². The van der Waals surface area contributed by atoms with Crippen molar-refractivity contribution >= 4 is 35.0 Å². The highest BCUT2D eigenvalue weighted by atomic mass is 35.5. The van der Waals surface area contributed by atoms with E-state index < -0.39 is 0 Å². The molecule has 1 aliphatic heterocycles. The normalized spacial score (nSPS) is 15.9. The number of thioether (sulfide) groups is 1. The quantitative estimate of drug-likeness (QED) is 0.309. The molecule has 2 aromatic carbocycles. The van der Waals surface area contributed by atoms with Crippen molar-refractivity contribution in [2.24, 2.45) is 0 Å². The Morgan fingerprint density at radius 3 is 2.45 bits per heavy atom. The van der Waals surface area contributed by atoms with Gasteiger partial charge in [-0.2, -0.15) is 11.8 Å². The van der Waals surface area contributed by atoms with Crippen LogP contribution in [0.2, 0.25) is 10.0 Å². The molecule has 0 N–H and O–H groups in total. The van der Waals surface area contributed by atoms with Gasteiger partial charge in [0.15, 0.2) is 0 Å². The van der Waals surface area contributed by atoms with Crippen molar-refractivity contribution in [2.45, 2.75) is 50.4 Å². The zero-order valence-corrected chi connectivity index (χ0v) is 20.9. The van der Waals surface area contributed by atoms with Crippen LogP contribution in [0.25, 0.3) is 11.1 Å². The lowest BCUT2D eigenvalue weighted by Gasteiger charge is -2.26. The first kappa shape index (κ1) is 24.9. The first-order valence-electron chi connectivity index (χ1n) is 11.3. The van der Waals surface area contributed by atoms with Crippen molar-refractivity contribution in [2.75, 3.05) is 32.5 Å². The van der Waals surface area contributed by atoms with E-state index in [9.17, 15) is 0 Å². The average Bonchev–Trinajstić information content (AvgIpc) is 2.79. The minimum Gasteiger partial charge on any atom is -0.377 e. The molecule has 5 heteroatoms. The number of hydrogen-bond donors (Lipinski definition) is 0. The van der Waals surface area contributed by atoms with Crippen molar-refractivity contribution in [3.63, 3.8) is 0 Å². The molecule has 1 unspecified atom stereocenters. The van der Waals surface area contributed by atoms with Crippen LogP contribution in [-0.2, 0) is 17.8 Å². The Morgan fingerprint density at radius 2 is 1.71 bits per heavy atom. The summed E-state index contributed by atoms with van der Waals surface area (Å²) in [4.78, 5) is 2.60. The summed E-state index contributed by atoms with van der Waals surface area (Å²) in [5.41, 5.74) is 4.75. The van der Waals surface area contributed by atoms with Crippen LogP contribution in [0.1, 0.15) is 43.2 Å². The van der Waals surface area contributed by atoms with E-state index >= 15 is 0 Å². The molecule has 0 bridgehead atoms.